The van der Waals surface area contributed by atoms with Crippen LogP contribution >= 0.6 is 0 Å². The Morgan fingerprint density at radius 3 is 2.79 bits per heavy atom. The van der Waals surface area contributed by atoms with E-state index in [0.29, 0.717) is 12.3 Å². The highest BCUT2D eigenvalue weighted by atomic mass is 19.1. The highest BCUT2D eigenvalue weighted by molar-refractivity contribution is 5.94. The summed E-state index contributed by atoms with van der Waals surface area (Å²) in [6, 6.07) is 9.75. The molecule has 1 aliphatic heterocycles. The van der Waals surface area contributed by atoms with Crippen LogP contribution in [0.3, 0.4) is 0 Å². The monoisotopic (exact) mass is 328 g/mol. The lowest BCUT2D eigenvalue weighted by molar-refractivity contribution is -0.115. The summed E-state index contributed by atoms with van der Waals surface area (Å²) in [5, 5.41) is 5.10. The Labute approximate surface area is 138 Å². The second-order valence-electron chi connectivity index (χ2n) is 5.64. The van der Waals surface area contributed by atoms with Crippen molar-refractivity contribution in [2.24, 2.45) is 0 Å². The topological polar surface area (TPSA) is 67.4 Å². The summed E-state index contributed by atoms with van der Waals surface area (Å²) >= 11 is 0. The van der Waals surface area contributed by atoms with Crippen molar-refractivity contribution in [2.45, 2.75) is 19.8 Å². The van der Waals surface area contributed by atoms with Gasteiger partial charge in [-0.05, 0) is 35.4 Å². The number of carbonyl (C=O) groups is 2. The van der Waals surface area contributed by atoms with E-state index in [1.807, 2.05) is 18.2 Å². The fraction of sp³-hybridized carbons (Fsp3) is 0.222. The predicted octanol–water partition coefficient (Wildman–Crippen LogP) is 2.90. The van der Waals surface area contributed by atoms with Gasteiger partial charge in [0.1, 0.15) is 11.6 Å². The summed E-state index contributed by atoms with van der Waals surface area (Å²) in [6.07, 6.45) is 1.06. The summed E-state index contributed by atoms with van der Waals surface area (Å²) in [5.74, 6) is -0.272. The number of rotatable bonds is 4. The van der Waals surface area contributed by atoms with Gasteiger partial charge in [-0.3, -0.25) is 9.59 Å². The predicted molar refractivity (Wildman–Crippen MR) is 88.7 cm³/mol. The van der Waals surface area contributed by atoms with Crippen LogP contribution in [0.2, 0.25) is 0 Å². The van der Waals surface area contributed by atoms with Crippen molar-refractivity contribution in [1.29, 1.82) is 0 Å². The second-order valence-corrected chi connectivity index (χ2v) is 5.64. The first-order valence-electron chi connectivity index (χ1n) is 7.63. The average molecular weight is 328 g/mol. The molecular formula is C18H17FN2O3. The maximum Gasteiger partial charge on any atom is 0.228 e. The van der Waals surface area contributed by atoms with Gasteiger partial charge in [-0.2, -0.15) is 0 Å². The number of nitrogens with one attached hydrogen (secondary N) is 2. The van der Waals surface area contributed by atoms with E-state index in [2.05, 4.69) is 10.6 Å². The first kappa shape index (κ1) is 16.0. The van der Waals surface area contributed by atoms with Gasteiger partial charge in [0.15, 0.2) is 0 Å². The quantitative estimate of drug-likeness (QED) is 0.907. The lowest BCUT2D eigenvalue weighted by atomic mass is 10.1. The van der Waals surface area contributed by atoms with Gasteiger partial charge in [0.05, 0.1) is 18.7 Å². The number of fused-ring (bicyclic) bond motifs is 1. The molecule has 0 fully saturated rings. The average Bonchev–Trinajstić information content (AvgIpc) is 2.97. The fourth-order valence-corrected chi connectivity index (χ4v) is 2.63. The van der Waals surface area contributed by atoms with E-state index in [9.17, 15) is 14.0 Å². The SMILES string of the molecule is CC(=O)Nc1cc(NC(=O)Cc2ccc3c(c2)CCO3)ccc1F. The highest BCUT2D eigenvalue weighted by Gasteiger charge is 2.14. The minimum Gasteiger partial charge on any atom is -0.493 e. The van der Waals surface area contributed by atoms with Crippen LogP contribution in [0.15, 0.2) is 36.4 Å². The molecule has 2 aromatic rings. The van der Waals surface area contributed by atoms with Crippen LogP contribution in [0.5, 0.6) is 5.75 Å². The molecule has 2 aromatic carbocycles. The van der Waals surface area contributed by atoms with Crippen molar-refractivity contribution in [3.8, 4) is 5.75 Å². The van der Waals surface area contributed by atoms with Crippen molar-refractivity contribution in [3.63, 3.8) is 0 Å². The summed E-state index contributed by atoms with van der Waals surface area (Å²) in [6.45, 7) is 1.97. The largest absolute Gasteiger partial charge is 0.493 e. The van der Waals surface area contributed by atoms with Crippen molar-refractivity contribution < 1.29 is 18.7 Å². The Kier molecular flexibility index (Phi) is 4.46. The molecule has 24 heavy (non-hydrogen) atoms. The molecule has 6 heteroatoms. The van der Waals surface area contributed by atoms with Crippen LogP contribution in [0, 0.1) is 5.82 Å². The zero-order chi connectivity index (χ0) is 17.1. The Morgan fingerprint density at radius 2 is 2.00 bits per heavy atom. The van der Waals surface area contributed by atoms with Crippen LogP contribution < -0.4 is 15.4 Å². The number of anilines is 2. The molecule has 124 valence electrons. The molecule has 5 nitrogen and oxygen atoms in total. The van der Waals surface area contributed by atoms with E-state index >= 15 is 0 Å². The Hall–Kier alpha value is -2.89. The minimum atomic E-state index is -0.554. The number of hydrogen-bond acceptors (Lipinski definition) is 3. The molecule has 0 aromatic heterocycles. The highest BCUT2D eigenvalue weighted by Crippen LogP contribution is 2.26. The van der Waals surface area contributed by atoms with Crippen molar-refractivity contribution >= 4 is 23.2 Å². The van der Waals surface area contributed by atoms with Gasteiger partial charge in [0, 0.05) is 19.0 Å². The molecule has 2 N–H and O–H groups in total. The zero-order valence-corrected chi connectivity index (χ0v) is 13.2. The molecule has 0 radical (unpaired) electrons. The zero-order valence-electron chi connectivity index (χ0n) is 13.2. The summed E-state index contributed by atoms with van der Waals surface area (Å²) in [4.78, 5) is 23.2. The first-order chi connectivity index (χ1) is 11.5. The molecule has 3 rings (SSSR count). The third kappa shape index (κ3) is 3.71. The lowest BCUT2D eigenvalue weighted by Crippen LogP contribution is -2.15. The number of carbonyl (C=O) groups excluding carboxylic acids is 2. The molecule has 1 heterocycles. The Bertz CT molecular complexity index is 805. The second kappa shape index (κ2) is 6.70. The fourth-order valence-electron chi connectivity index (χ4n) is 2.63. The van der Waals surface area contributed by atoms with Gasteiger partial charge in [-0.25, -0.2) is 4.39 Å². The Morgan fingerprint density at radius 1 is 1.17 bits per heavy atom. The van der Waals surface area contributed by atoms with Gasteiger partial charge in [0.2, 0.25) is 11.8 Å². The van der Waals surface area contributed by atoms with E-state index < -0.39 is 5.82 Å². The molecule has 1 aliphatic rings. The Balaban J connectivity index is 1.67. The smallest absolute Gasteiger partial charge is 0.228 e. The molecule has 0 atom stereocenters. The van der Waals surface area contributed by atoms with Crippen molar-refractivity contribution in [2.75, 3.05) is 17.2 Å². The molecule has 0 saturated carbocycles. The molecule has 0 unspecified atom stereocenters. The van der Waals surface area contributed by atoms with Crippen LogP contribution in [-0.2, 0) is 22.4 Å². The summed E-state index contributed by atoms with van der Waals surface area (Å²) in [7, 11) is 0. The van der Waals surface area contributed by atoms with E-state index in [-0.39, 0.29) is 23.9 Å². The van der Waals surface area contributed by atoms with Crippen LogP contribution in [-0.4, -0.2) is 18.4 Å². The molecule has 0 aliphatic carbocycles. The van der Waals surface area contributed by atoms with Crippen LogP contribution in [0.4, 0.5) is 15.8 Å². The van der Waals surface area contributed by atoms with Gasteiger partial charge < -0.3 is 15.4 Å². The van der Waals surface area contributed by atoms with Gasteiger partial charge in [-0.15, -0.1) is 0 Å². The maximum atomic E-state index is 13.6. The molecule has 0 bridgehead atoms. The van der Waals surface area contributed by atoms with Crippen LogP contribution in [0.25, 0.3) is 0 Å². The summed E-state index contributed by atoms with van der Waals surface area (Å²) < 4.78 is 19.0. The molecule has 0 spiro atoms. The van der Waals surface area contributed by atoms with Gasteiger partial charge in [-0.1, -0.05) is 12.1 Å². The number of ether oxygens (including phenoxy) is 1. The van der Waals surface area contributed by atoms with Crippen LogP contribution in [0.1, 0.15) is 18.1 Å². The van der Waals surface area contributed by atoms with Crippen molar-refractivity contribution in [3.05, 3.63) is 53.3 Å². The molecule has 0 saturated heterocycles. The summed E-state index contributed by atoms with van der Waals surface area (Å²) in [5.41, 5.74) is 2.46. The third-order valence-corrected chi connectivity index (χ3v) is 3.68. The third-order valence-electron chi connectivity index (χ3n) is 3.68. The standard InChI is InChI=1S/C18H17FN2O3/c1-11(22)20-16-10-14(3-4-15(16)19)21-18(23)9-12-2-5-17-13(8-12)6-7-24-17/h2-5,8,10H,6-7,9H2,1H3,(H,20,22)(H,21,23). The number of hydrogen-bond donors (Lipinski definition) is 2. The lowest BCUT2D eigenvalue weighted by Gasteiger charge is -2.09. The van der Waals surface area contributed by atoms with E-state index in [4.69, 9.17) is 4.74 Å². The van der Waals surface area contributed by atoms with E-state index in [0.717, 1.165) is 23.3 Å². The van der Waals surface area contributed by atoms with Gasteiger partial charge in [0.25, 0.3) is 0 Å². The van der Waals surface area contributed by atoms with Crippen molar-refractivity contribution in [1.82, 2.24) is 0 Å². The van der Waals surface area contributed by atoms with E-state index in [1.165, 1.54) is 25.1 Å². The molecule has 2 amide bonds. The number of benzene rings is 2. The first-order valence-corrected chi connectivity index (χ1v) is 7.63. The number of amides is 2. The number of halogens is 1. The maximum absolute atomic E-state index is 13.6. The van der Waals surface area contributed by atoms with Gasteiger partial charge >= 0.3 is 0 Å². The molecular weight excluding hydrogens is 311 g/mol. The normalized spacial score (nSPS) is 12.2. The van der Waals surface area contributed by atoms with E-state index in [1.54, 1.807) is 0 Å². The minimum absolute atomic E-state index is 0.0370.